The van der Waals surface area contributed by atoms with Crippen LogP contribution >= 0.6 is 0 Å². The molecule has 1 fully saturated rings. The number of methoxy groups -OCH3 is 1. The molecule has 1 amide bonds. The van der Waals surface area contributed by atoms with Crippen LogP contribution < -0.4 is 4.74 Å². The van der Waals surface area contributed by atoms with E-state index in [4.69, 9.17) is 4.74 Å². The number of rotatable bonds is 4. The molecule has 0 aliphatic carbocycles. The van der Waals surface area contributed by atoms with E-state index in [1.807, 2.05) is 31.2 Å². The minimum Gasteiger partial charge on any atom is -0.497 e. The summed E-state index contributed by atoms with van der Waals surface area (Å²) < 4.78 is 5.17. The van der Waals surface area contributed by atoms with Gasteiger partial charge in [-0.15, -0.1) is 0 Å². The van der Waals surface area contributed by atoms with Crippen molar-refractivity contribution in [3.05, 3.63) is 53.6 Å². The third-order valence-corrected chi connectivity index (χ3v) is 4.84. The number of amides is 1. The molecule has 0 bridgehead atoms. The predicted octanol–water partition coefficient (Wildman–Crippen LogP) is 2.31. The summed E-state index contributed by atoms with van der Waals surface area (Å²) in [5.74, 6) is 0.539. The molecule has 1 saturated heterocycles. The van der Waals surface area contributed by atoms with Gasteiger partial charge in [-0.1, -0.05) is 12.1 Å². The van der Waals surface area contributed by atoms with E-state index in [2.05, 4.69) is 9.97 Å². The minimum absolute atomic E-state index is 0.191. The zero-order chi connectivity index (χ0) is 18.0. The van der Waals surface area contributed by atoms with Crippen molar-refractivity contribution in [2.75, 3.05) is 13.7 Å². The van der Waals surface area contributed by atoms with Crippen LogP contribution in [-0.2, 0) is 5.60 Å². The minimum atomic E-state index is -1.16. The van der Waals surface area contributed by atoms with Crippen molar-refractivity contribution < 1.29 is 14.6 Å². The van der Waals surface area contributed by atoms with Gasteiger partial charge in [-0.2, -0.15) is 0 Å². The van der Waals surface area contributed by atoms with E-state index in [-0.39, 0.29) is 11.9 Å². The normalized spacial score (nSPS) is 19.5. The lowest BCUT2D eigenvalue weighted by atomic mass is 9.86. The molecule has 132 valence electrons. The predicted molar refractivity (Wildman–Crippen MR) is 93.4 cm³/mol. The van der Waals surface area contributed by atoms with Crippen molar-refractivity contribution in [1.29, 1.82) is 0 Å². The highest BCUT2D eigenvalue weighted by atomic mass is 16.5. The van der Waals surface area contributed by atoms with Crippen LogP contribution in [0.15, 0.2) is 36.7 Å². The second kappa shape index (κ2) is 6.80. The molecule has 1 aliphatic rings. The number of aryl methyl sites for hydroxylation is 1. The number of aromatic nitrogens is 2. The van der Waals surface area contributed by atoms with Crippen molar-refractivity contribution in [1.82, 2.24) is 14.9 Å². The van der Waals surface area contributed by atoms with Crippen LogP contribution in [0.1, 0.15) is 41.5 Å². The number of hydrogen-bond acceptors (Lipinski definition) is 5. The summed E-state index contributed by atoms with van der Waals surface area (Å²) >= 11 is 0. The Bertz CT molecular complexity index is 742. The van der Waals surface area contributed by atoms with E-state index in [9.17, 15) is 9.90 Å². The van der Waals surface area contributed by atoms with Gasteiger partial charge < -0.3 is 14.7 Å². The molecule has 6 heteroatoms. The van der Waals surface area contributed by atoms with Crippen LogP contribution in [0.25, 0.3) is 0 Å². The number of aliphatic hydroxyl groups is 1. The van der Waals surface area contributed by atoms with Crippen molar-refractivity contribution in [3.8, 4) is 5.75 Å². The van der Waals surface area contributed by atoms with Gasteiger partial charge in [-0.25, -0.2) is 4.98 Å². The van der Waals surface area contributed by atoms with Gasteiger partial charge in [0.1, 0.15) is 17.0 Å². The molecule has 0 spiro atoms. The average molecular weight is 341 g/mol. The average Bonchev–Trinajstić information content (AvgIpc) is 3.12. The number of ether oxygens (including phenoxy) is 1. The van der Waals surface area contributed by atoms with E-state index >= 15 is 0 Å². The van der Waals surface area contributed by atoms with Crippen LogP contribution in [0.3, 0.4) is 0 Å². The first-order chi connectivity index (χ1) is 11.9. The number of hydrogen-bond donors (Lipinski definition) is 1. The fourth-order valence-corrected chi connectivity index (χ4v) is 3.37. The second-order valence-corrected chi connectivity index (χ2v) is 6.58. The standard InChI is InChI=1S/C19H23N3O3/c1-13-11-21-16(12-20-13)18(23)22-10-4-5-17(22)19(2,24)14-6-8-15(25-3)9-7-14/h6-9,11-12,17,24H,4-5,10H2,1-3H3/t17-,19-/m0/s1. The van der Waals surface area contributed by atoms with Gasteiger partial charge in [-0.3, -0.25) is 9.78 Å². The monoisotopic (exact) mass is 341 g/mol. The number of nitrogens with zero attached hydrogens (tertiary/aromatic N) is 3. The summed E-state index contributed by atoms with van der Waals surface area (Å²) in [6.07, 6.45) is 4.67. The smallest absolute Gasteiger partial charge is 0.274 e. The van der Waals surface area contributed by atoms with Gasteiger partial charge in [0, 0.05) is 12.7 Å². The lowest BCUT2D eigenvalue weighted by Gasteiger charge is -2.36. The summed E-state index contributed by atoms with van der Waals surface area (Å²) in [7, 11) is 1.60. The molecule has 2 heterocycles. The summed E-state index contributed by atoms with van der Waals surface area (Å²) in [6.45, 7) is 4.19. The van der Waals surface area contributed by atoms with E-state index < -0.39 is 5.60 Å². The third kappa shape index (κ3) is 3.35. The van der Waals surface area contributed by atoms with Crippen LogP contribution in [-0.4, -0.2) is 45.6 Å². The Morgan fingerprint density at radius 1 is 1.28 bits per heavy atom. The van der Waals surface area contributed by atoms with Gasteiger partial charge in [0.05, 0.1) is 25.0 Å². The number of carbonyl (C=O) groups excluding carboxylic acids is 1. The SMILES string of the molecule is COc1ccc([C@](C)(O)[C@@H]2CCCN2C(=O)c2cnc(C)cn2)cc1. The first kappa shape index (κ1) is 17.4. The van der Waals surface area contributed by atoms with Gasteiger partial charge >= 0.3 is 0 Å². The lowest BCUT2D eigenvalue weighted by molar-refractivity contribution is -0.0179. The Kier molecular flexibility index (Phi) is 4.72. The molecule has 3 rings (SSSR count). The van der Waals surface area contributed by atoms with Crippen LogP contribution in [0.2, 0.25) is 0 Å². The van der Waals surface area contributed by atoms with Crippen molar-refractivity contribution in [2.24, 2.45) is 0 Å². The molecule has 0 unspecified atom stereocenters. The molecular formula is C19H23N3O3. The Hall–Kier alpha value is -2.47. The molecule has 1 aliphatic heterocycles. The summed E-state index contributed by atoms with van der Waals surface area (Å²) in [4.78, 5) is 22.9. The Morgan fingerprint density at radius 2 is 2.00 bits per heavy atom. The van der Waals surface area contributed by atoms with Crippen LogP contribution in [0, 0.1) is 6.92 Å². The summed E-state index contributed by atoms with van der Waals surface area (Å²) in [5.41, 5.74) is 0.673. The number of likely N-dealkylation sites (tertiary alicyclic amines) is 1. The fourth-order valence-electron chi connectivity index (χ4n) is 3.37. The van der Waals surface area contributed by atoms with Crippen molar-refractivity contribution in [3.63, 3.8) is 0 Å². The first-order valence-electron chi connectivity index (χ1n) is 8.40. The summed E-state index contributed by atoms with van der Waals surface area (Å²) in [5, 5.41) is 11.2. The Morgan fingerprint density at radius 3 is 2.60 bits per heavy atom. The molecule has 0 saturated carbocycles. The maximum Gasteiger partial charge on any atom is 0.274 e. The van der Waals surface area contributed by atoms with Gasteiger partial charge in [-0.05, 0) is 44.4 Å². The maximum absolute atomic E-state index is 12.8. The van der Waals surface area contributed by atoms with Gasteiger partial charge in [0.15, 0.2) is 0 Å². The molecular weight excluding hydrogens is 318 g/mol. The zero-order valence-electron chi connectivity index (χ0n) is 14.8. The van der Waals surface area contributed by atoms with Crippen molar-refractivity contribution in [2.45, 2.75) is 38.3 Å². The van der Waals surface area contributed by atoms with Crippen LogP contribution in [0.5, 0.6) is 5.75 Å². The molecule has 6 nitrogen and oxygen atoms in total. The Balaban J connectivity index is 1.86. The second-order valence-electron chi connectivity index (χ2n) is 6.58. The molecule has 2 aromatic rings. The molecule has 1 aromatic carbocycles. The molecule has 25 heavy (non-hydrogen) atoms. The van der Waals surface area contributed by atoms with E-state index in [1.54, 1.807) is 25.1 Å². The number of benzene rings is 1. The highest BCUT2D eigenvalue weighted by Crippen LogP contribution is 2.35. The Labute approximate surface area is 147 Å². The largest absolute Gasteiger partial charge is 0.497 e. The fraction of sp³-hybridized carbons (Fsp3) is 0.421. The first-order valence-corrected chi connectivity index (χ1v) is 8.40. The lowest BCUT2D eigenvalue weighted by Crippen LogP contribution is -2.48. The maximum atomic E-state index is 12.8. The highest BCUT2D eigenvalue weighted by Gasteiger charge is 2.43. The van der Waals surface area contributed by atoms with E-state index in [1.165, 1.54) is 6.20 Å². The van der Waals surface area contributed by atoms with Gasteiger partial charge in [0.2, 0.25) is 0 Å². The quantitative estimate of drug-likeness (QED) is 0.923. The van der Waals surface area contributed by atoms with Crippen molar-refractivity contribution >= 4 is 5.91 Å². The molecule has 1 aromatic heterocycles. The molecule has 0 radical (unpaired) electrons. The van der Waals surface area contributed by atoms with E-state index in [0.717, 1.165) is 29.8 Å². The highest BCUT2D eigenvalue weighted by molar-refractivity contribution is 5.92. The third-order valence-electron chi connectivity index (χ3n) is 4.84. The topological polar surface area (TPSA) is 75.6 Å². The van der Waals surface area contributed by atoms with Crippen LogP contribution in [0.4, 0.5) is 0 Å². The molecule has 2 atom stereocenters. The van der Waals surface area contributed by atoms with E-state index in [0.29, 0.717) is 12.2 Å². The molecule has 1 N–H and O–H groups in total. The number of carbonyl (C=O) groups is 1. The summed E-state index contributed by atoms with van der Waals surface area (Å²) in [6, 6.07) is 7.00. The zero-order valence-corrected chi connectivity index (χ0v) is 14.8. The van der Waals surface area contributed by atoms with Gasteiger partial charge in [0.25, 0.3) is 5.91 Å².